The molecule has 0 bridgehead atoms. The van der Waals surface area contributed by atoms with Crippen LogP contribution in [-0.4, -0.2) is 54.6 Å². The minimum Gasteiger partial charge on any atom is -0.467 e. The van der Waals surface area contributed by atoms with Crippen molar-refractivity contribution in [2.75, 3.05) is 31.7 Å². The van der Waals surface area contributed by atoms with Gasteiger partial charge >= 0.3 is 12.0 Å². The summed E-state index contributed by atoms with van der Waals surface area (Å²) in [5.41, 5.74) is 0. The Hall–Kier alpha value is -0.910. The quantitative estimate of drug-likeness (QED) is 0.786. The van der Waals surface area contributed by atoms with Crippen molar-refractivity contribution in [3.63, 3.8) is 0 Å². The first-order valence-corrected chi connectivity index (χ1v) is 7.41. The van der Waals surface area contributed by atoms with Crippen LogP contribution in [-0.2, 0) is 9.53 Å². The zero-order chi connectivity index (χ0) is 13.5. The Morgan fingerprint density at radius 3 is 2.44 bits per heavy atom. The Morgan fingerprint density at radius 1 is 1.33 bits per heavy atom. The molecular weight excluding hydrogens is 252 g/mol. The number of methoxy groups -OCH3 is 1. The van der Waals surface area contributed by atoms with Crippen LogP contribution in [0.1, 0.15) is 20.3 Å². The first-order chi connectivity index (χ1) is 8.54. The molecule has 1 fully saturated rings. The molecule has 1 rings (SSSR count). The molecule has 1 heterocycles. The standard InChI is InChI=1S/C12H22N2O3S/c1-9(2)8-10(11(15)17-3)13-12(16)14-4-6-18-7-5-14/h9-10H,4-8H2,1-3H3,(H,13,16). The molecule has 1 aliphatic rings. The zero-order valence-corrected chi connectivity index (χ0v) is 12.1. The molecule has 0 aliphatic carbocycles. The second-order valence-electron chi connectivity index (χ2n) is 4.75. The largest absolute Gasteiger partial charge is 0.467 e. The molecule has 5 nitrogen and oxygen atoms in total. The van der Waals surface area contributed by atoms with E-state index in [4.69, 9.17) is 4.74 Å². The van der Waals surface area contributed by atoms with E-state index in [2.05, 4.69) is 5.32 Å². The van der Waals surface area contributed by atoms with Crippen molar-refractivity contribution >= 4 is 23.8 Å². The number of thioether (sulfide) groups is 1. The van der Waals surface area contributed by atoms with Gasteiger partial charge < -0.3 is 15.0 Å². The van der Waals surface area contributed by atoms with E-state index in [1.807, 2.05) is 25.6 Å². The second-order valence-corrected chi connectivity index (χ2v) is 5.98. The molecule has 1 aliphatic heterocycles. The van der Waals surface area contributed by atoms with Crippen LogP contribution >= 0.6 is 11.8 Å². The average molecular weight is 274 g/mol. The van der Waals surface area contributed by atoms with Crippen LogP contribution in [0.4, 0.5) is 4.79 Å². The Kier molecular flexibility index (Phi) is 6.32. The lowest BCUT2D eigenvalue weighted by molar-refractivity contribution is -0.143. The minimum absolute atomic E-state index is 0.161. The van der Waals surface area contributed by atoms with E-state index < -0.39 is 6.04 Å². The summed E-state index contributed by atoms with van der Waals surface area (Å²) in [4.78, 5) is 25.4. The smallest absolute Gasteiger partial charge is 0.328 e. The predicted molar refractivity (Wildman–Crippen MR) is 72.7 cm³/mol. The third-order valence-corrected chi connectivity index (χ3v) is 3.73. The molecule has 1 atom stereocenters. The number of rotatable bonds is 4. The van der Waals surface area contributed by atoms with E-state index in [9.17, 15) is 9.59 Å². The first kappa shape index (κ1) is 15.1. The second kappa shape index (κ2) is 7.51. The molecule has 1 unspecified atom stereocenters. The highest BCUT2D eigenvalue weighted by atomic mass is 32.2. The van der Waals surface area contributed by atoms with Crippen molar-refractivity contribution in [3.05, 3.63) is 0 Å². The molecule has 104 valence electrons. The van der Waals surface area contributed by atoms with Gasteiger partial charge in [0.2, 0.25) is 0 Å². The number of carbonyl (C=O) groups is 2. The van der Waals surface area contributed by atoms with Crippen molar-refractivity contribution < 1.29 is 14.3 Å². The van der Waals surface area contributed by atoms with Crippen LogP contribution in [0.15, 0.2) is 0 Å². The van der Waals surface area contributed by atoms with Crippen LogP contribution in [0.25, 0.3) is 0 Å². The van der Waals surface area contributed by atoms with Gasteiger partial charge in [0.15, 0.2) is 0 Å². The van der Waals surface area contributed by atoms with E-state index >= 15 is 0 Å². The number of hydrogen-bond acceptors (Lipinski definition) is 4. The third kappa shape index (κ3) is 4.76. The number of ether oxygens (including phenoxy) is 1. The van der Waals surface area contributed by atoms with Gasteiger partial charge in [-0.2, -0.15) is 11.8 Å². The van der Waals surface area contributed by atoms with Crippen LogP contribution in [0, 0.1) is 5.92 Å². The average Bonchev–Trinajstić information content (AvgIpc) is 2.37. The van der Waals surface area contributed by atoms with Crippen molar-refractivity contribution in [3.8, 4) is 0 Å². The molecule has 0 aromatic carbocycles. The number of nitrogens with zero attached hydrogens (tertiary/aromatic N) is 1. The fraction of sp³-hybridized carbons (Fsp3) is 0.833. The highest BCUT2D eigenvalue weighted by Crippen LogP contribution is 2.11. The number of esters is 1. The maximum Gasteiger partial charge on any atom is 0.328 e. The van der Waals surface area contributed by atoms with Gasteiger partial charge in [-0.1, -0.05) is 13.8 Å². The monoisotopic (exact) mass is 274 g/mol. The Morgan fingerprint density at radius 2 is 1.94 bits per heavy atom. The fourth-order valence-corrected chi connectivity index (χ4v) is 2.74. The third-order valence-electron chi connectivity index (χ3n) is 2.79. The molecule has 0 spiro atoms. The van der Waals surface area contributed by atoms with Crippen LogP contribution in [0.2, 0.25) is 0 Å². The summed E-state index contributed by atoms with van der Waals surface area (Å²) in [7, 11) is 1.35. The highest BCUT2D eigenvalue weighted by molar-refractivity contribution is 7.99. The van der Waals surface area contributed by atoms with Crippen LogP contribution in [0.3, 0.4) is 0 Å². The summed E-state index contributed by atoms with van der Waals surface area (Å²) in [6.45, 7) is 5.51. The van der Waals surface area contributed by atoms with Gasteiger partial charge in [-0.25, -0.2) is 9.59 Å². The SMILES string of the molecule is COC(=O)C(CC(C)C)NC(=O)N1CCSCC1. The molecule has 1 saturated heterocycles. The first-order valence-electron chi connectivity index (χ1n) is 6.25. The van der Waals surface area contributed by atoms with Crippen molar-refractivity contribution in [1.82, 2.24) is 10.2 Å². The molecule has 2 amide bonds. The Balaban J connectivity index is 2.52. The molecule has 0 aromatic rings. The Bertz CT molecular complexity index is 291. The van der Waals surface area contributed by atoms with E-state index in [-0.39, 0.29) is 12.0 Å². The fourth-order valence-electron chi connectivity index (χ4n) is 1.83. The van der Waals surface area contributed by atoms with Gasteiger partial charge in [0.05, 0.1) is 7.11 Å². The summed E-state index contributed by atoms with van der Waals surface area (Å²) in [5.74, 6) is 1.87. The van der Waals surface area contributed by atoms with Gasteiger partial charge in [-0.15, -0.1) is 0 Å². The van der Waals surface area contributed by atoms with Gasteiger partial charge in [-0.3, -0.25) is 0 Å². The van der Waals surface area contributed by atoms with E-state index in [0.717, 1.165) is 24.6 Å². The number of carbonyl (C=O) groups excluding carboxylic acids is 2. The van der Waals surface area contributed by atoms with Crippen molar-refractivity contribution in [2.45, 2.75) is 26.3 Å². The van der Waals surface area contributed by atoms with Gasteiger partial charge in [0.25, 0.3) is 0 Å². The number of nitrogens with one attached hydrogen (secondary N) is 1. The maximum atomic E-state index is 12.0. The normalized spacial score (nSPS) is 17.4. The number of hydrogen-bond donors (Lipinski definition) is 1. The van der Waals surface area contributed by atoms with Gasteiger partial charge in [0, 0.05) is 24.6 Å². The predicted octanol–water partition coefficient (Wildman–Crippen LogP) is 1.33. The Labute approximate surface area is 113 Å². The van der Waals surface area contributed by atoms with Crippen molar-refractivity contribution in [1.29, 1.82) is 0 Å². The molecule has 0 aromatic heterocycles. The summed E-state index contributed by atoms with van der Waals surface area (Å²) in [6, 6.07) is -0.705. The highest BCUT2D eigenvalue weighted by Gasteiger charge is 2.25. The van der Waals surface area contributed by atoms with E-state index in [0.29, 0.717) is 12.3 Å². The number of urea groups is 1. The lowest BCUT2D eigenvalue weighted by Gasteiger charge is -2.28. The minimum atomic E-state index is -0.544. The topological polar surface area (TPSA) is 58.6 Å². The molecule has 0 saturated carbocycles. The van der Waals surface area contributed by atoms with Gasteiger partial charge in [0.1, 0.15) is 6.04 Å². The van der Waals surface area contributed by atoms with Gasteiger partial charge in [-0.05, 0) is 12.3 Å². The molecule has 0 radical (unpaired) electrons. The van der Waals surface area contributed by atoms with Crippen LogP contribution < -0.4 is 5.32 Å². The van der Waals surface area contributed by atoms with E-state index in [1.165, 1.54) is 7.11 Å². The molecular formula is C12H22N2O3S. The van der Waals surface area contributed by atoms with E-state index in [1.54, 1.807) is 4.90 Å². The van der Waals surface area contributed by atoms with Crippen LogP contribution in [0.5, 0.6) is 0 Å². The lowest BCUT2D eigenvalue weighted by atomic mass is 10.0. The van der Waals surface area contributed by atoms with Crippen molar-refractivity contribution in [2.24, 2.45) is 5.92 Å². The summed E-state index contributed by atoms with van der Waals surface area (Å²) < 4.78 is 4.73. The zero-order valence-electron chi connectivity index (χ0n) is 11.3. The number of amides is 2. The summed E-state index contributed by atoms with van der Waals surface area (Å²) in [5, 5.41) is 2.77. The summed E-state index contributed by atoms with van der Waals surface area (Å²) >= 11 is 1.84. The molecule has 18 heavy (non-hydrogen) atoms. The maximum absolute atomic E-state index is 12.0. The lowest BCUT2D eigenvalue weighted by Crippen LogP contribution is -2.50. The summed E-state index contributed by atoms with van der Waals surface area (Å²) in [6.07, 6.45) is 0.598. The molecule has 6 heteroatoms. The molecule has 1 N–H and O–H groups in total.